The zero-order chi connectivity index (χ0) is 14.9. The first kappa shape index (κ1) is 15.1. The summed E-state index contributed by atoms with van der Waals surface area (Å²) in [6, 6.07) is 6.51. The van der Waals surface area contributed by atoms with Gasteiger partial charge in [-0.1, -0.05) is 19.9 Å². The van der Waals surface area contributed by atoms with E-state index in [2.05, 4.69) is 50.3 Å². The van der Waals surface area contributed by atoms with Crippen LogP contribution in [0.5, 0.6) is 5.75 Å². The van der Waals surface area contributed by atoms with E-state index in [4.69, 9.17) is 4.74 Å². The molecule has 2 unspecified atom stereocenters. The van der Waals surface area contributed by atoms with Gasteiger partial charge in [-0.05, 0) is 38.2 Å². The summed E-state index contributed by atoms with van der Waals surface area (Å²) < 4.78 is 5.43. The van der Waals surface area contributed by atoms with Gasteiger partial charge in [-0.25, -0.2) is 0 Å². The number of anilines is 1. The van der Waals surface area contributed by atoms with E-state index >= 15 is 0 Å². The van der Waals surface area contributed by atoms with Crippen LogP contribution < -0.4 is 10.1 Å². The van der Waals surface area contributed by atoms with Crippen LogP contribution in [-0.4, -0.2) is 43.4 Å². The summed E-state index contributed by atoms with van der Waals surface area (Å²) in [5.74, 6) is 0.852. The number of rotatable bonds is 5. The predicted molar refractivity (Wildman–Crippen MR) is 82.2 cm³/mol. The Hall–Kier alpha value is -1.26. The normalized spacial score (nSPS) is 24.4. The average Bonchev–Trinajstić information content (AvgIpc) is 2.38. The van der Waals surface area contributed by atoms with E-state index in [1.54, 1.807) is 7.11 Å². The number of aliphatic hydroxyl groups excluding tert-OH is 1. The first-order chi connectivity index (χ1) is 9.34. The Kier molecular flexibility index (Phi) is 4.25. The Morgan fingerprint density at radius 2 is 2.10 bits per heavy atom. The molecule has 4 heteroatoms. The lowest BCUT2D eigenvalue weighted by Gasteiger charge is -2.50. The zero-order valence-corrected chi connectivity index (χ0v) is 13.1. The Morgan fingerprint density at radius 3 is 2.60 bits per heavy atom. The highest BCUT2D eigenvalue weighted by atomic mass is 16.5. The van der Waals surface area contributed by atoms with Crippen molar-refractivity contribution in [1.82, 2.24) is 4.90 Å². The molecule has 112 valence electrons. The fourth-order valence-corrected chi connectivity index (χ4v) is 2.67. The van der Waals surface area contributed by atoms with Gasteiger partial charge < -0.3 is 20.1 Å². The minimum atomic E-state index is -0.226. The van der Waals surface area contributed by atoms with Crippen LogP contribution in [0.2, 0.25) is 0 Å². The fraction of sp³-hybridized carbons (Fsp3) is 0.625. The van der Waals surface area contributed by atoms with Gasteiger partial charge in [-0.15, -0.1) is 0 Å². The summed E-state index contributed by atoms with van der Waals surface area (Å²) in [4.78, 5) is 2.14. The molecule has 4 nitrogen and oxygen atoms in total. The van der Waals surface area contributed by atoms with Crippen molar-refractivity contribution >= 4 is 5.69 Å². The Balaban J connectivity index is 2.17. The van der Waals surface area contributed by atoms with Gasteiger partial charge in [0.05, 0.1) is 18.9 Å². The number of ether oxygens (including phenoxy) is 1. The molecule has 0 saturated heterocycles. The molecular weight excluding hydrogens is 252 g/mol. The van der Waals surface area contributed by atoms with Gasteiger partial charge in [0.15, 0.2) is 0 Å². The fourth-order valence-electron chi connectivity index (χ4n) is 2.67. The topological polar surface area (TPSA) is 44.7 Å². The molecule has 0 bridgehead atoms. The first-order valence-corrected chi connectivity index (χ1v) is 7.11. The molecule has 1 aromatic carbocycles. The molecule has 0 spiro atoms. The number of benzene rings is 1. The van der Waals surface area contributed by atoms with Gasteiger partial charge in [0.2, 0.25) is 0 Å². The zero-order valence-electron chi connectivity index (χ0n) is 13.1. The van der Waals surface area contributed by atoms with Gasteiger partial charge in [0.1, 0.15) is 5.75 Å². The third kappa shape index (κ3) is 2.91. The number of hydrogen-bond donors (Lipinski definition) is 2. The summed E-state index contributed by atoms with van der Waals surface area (Å²) in [6.45, 7) is 5.08. The largest absolute Gasteiger partial charge is 0.495 e. The molecule has 1 aromatic rings. The Morgan fingerprint density at radius 1 is 1.40 bits per heavy atom. The molecule has 0 aromatic heterocycles. The van der Waals surface area contributed by atoms with E-state index in [1.165, 1.54) is 5.56 Å². The standard InChI is InChI=1S/C16H26N2O2/c1-16(2)14(9-15(16)19)17-12-8-11(10-18(3)4)6-7-13(12)20-5/h6-8,14-15,17,19H,9-10H2,1-5H3. The van der Waals surface area contributed by atoms with E-state index in [9.17, 15) is 5.11 Å². The second-order valence-electron chi connectivity index (χ2n) is 6.54. The predicted octanol–water partition coefficient (Wildman–Crippen LogP) is 2.33. The highest BCUT2D eigenvalue weighted by molar-refractivity contribution is 5.59. The van der Waals surface area contributed by atoms with Crippen molar-refractivity contribution in [2.45, 2.75) is 39.0 Å². The molecule has 2 atom stereocenters. The maximum atomic E-state index is 9.85. The smallest absolute Gasteiger partial charge is 0.141 e. The summed E-state index contributed by atoms with van der Waals surface area (Å²) in [5.41, 5.74) is 2.16. The molecule has 1 saturated carbocycles. The molecule has 20 heavy (non-hydrogen) atoms. The van der Waals surface area contributed by atoms with Crippen LogP contribution in [0.4, 0.5) is 5.69 Å². The van der Waals surface area contributed by atoms with Crippen LogP contribution in [0.15, 0.2) is 18.2 Å². The van der Waals surface area contributed by atoms with Crippen LogP contribution in [0, 0.1) is 5.41 Å². The molecule has 2 N–H and O–H groups in total. The molecule has 0 radical (unpaired) electrons. The van der Waals surface area contributed by atoms with Crippen molar-refractivity contribution < 1.29 is 9.84 Å². The van der Waals surface area contributed by atoms with Crippen molar-refractivity contribution in [3.8, 4) is 5.75 Å². The highest BCUT2D eigenvalue weighted by Crippen LogP contribution is 2.43. The average molecular weight is 278 g/mol. The lowest BCUT2D eigenvalue weighted by Crippen LogP contribution is -2.56. The number of nitrogens with one attached hydrogen (secondary N) is 1. The van der Waals surface area contributed by atoms with Crippen molar-refractivity contribution in [1.29, 1.82) is 0 Å². The molecule has 0 heterocycles. The molecular formula is C16H26N2O2. The van der Waals surface area contributed by atoms with Crippen LogP contribution in [0.1, 0.15) is 25.8 Å². The van der Waals surface area contributed by atoms with Crippen molar-refractivity contribution in [3.63, 3.8) is 0 Å². The number of aliphatic hydroxyl groups is 1. The lowest BCUT2D eigenvalue weighted by atomic mass is 9.64. The van der Waals surface area contributed by atoms with Crippen LogP contribution in [0.25, 0.3) is 0 Å². The minimum Gasteiger partial charge on any atom is -0.495 e. The second kappa shape index (κ2) is 5.62. The van der Waals surface area contributed by atoms with Crippen molar-refractivity contribution in [2.24, 2.45) is 5.41 Å². The summed E-state index contributed by atoms with van der Waals surface area (Å²) >= 11 is 0. The van der Waals surface area contributed by atoms with Crippen molar-refractivity contribution in [2.75, 3.05) is 26.5 Å². The van der Waals surface area contributed by atoms with Crippen LogP contribution in [0.3, 0.4) is 0 Å². The minimum absolute atomic E-state index is 0.0947. The Labute approximate surface area is 121 Å². The van der Waals surface area contributed by atoms with Gasteiger partial charge in [-0.3, -0.25) is 0 Å². The highest BCUT2D eigenvalue weighted by Gasteiger charge is 2.47. The van der Waals surface area contributed by atoms with Crippen LogP contribution in [-0.2, 0) is 6.54 Å². The molecule has 2 rings (SSSR count). The monoisotopic (exact) mass is 278 g/mol. The van der Waals surface area contributed by atoms with E-state index in [-0.39, 0.29) is 17.6 Å². The van der Waals surface area contributed by atoms with E-state index in [0.29, 0.717) is 0 Å². The van der Waals surface area contributed by atoms with Gasteiger partial charge in [0.25, 0.3) is 0 Å². The molecule has 1 aliphatic carbocycles. The maximum absolute atomic E-state index is 9.85. The van der Waals surface area contributed by atoms with Gasteiger partial charge >= 0.3 is 0 Å². The summed E-state index contributed by atoms with van der Waals surface area (Å²) in [6.07, 6.45) is 0.560. The third-order valence-corrected chi connectivity index (χ3v) is 4.31. The van der Waals surface area contributed by atoms with E-state index in [1.807, 2.05) is 6.07 Å². The van der Waals surface area contributed by atoms with E-state index < -0.39 is 0 Å². The Bertz CT molecular complexity index is 472. The molecule has 1 fully saturated rings. The molecule has 1 aliphatic rings. The second-order valence-corrected chi connectivity index (χ2v) is 6.54. The molecule has 0 amide bonds. The number of methoxy groups -OCH3 is 1. The number of hydrogen-bond acceptors (Lipinski definition) is 4. The SMILES string of the molecule is COc1ccc(CN(C)C)cc1NC1CC(O)C1(C)C. The van der Waals surface area contributed by atoms with Crippen molar-refractivity contribution in [3.05, 3.63) is 23.8 Å². The summed E-state index contributed by atoms with van der Waals surface area (Å²) in [7, 11) is 5.80. The van der Waals surface area contributed by atoms with Gasteiger partial charge in [-0.2, -0.15) is 0 Å². The van der Waals surface area contributed by atoms with Gasteiger partial charge in [0, 0.05) is 18.0 Å². The third-order valence-electron chi connectivity index (χ3n) is 4.31. The maximum Gasteiger partial charge on any atom is 0.141 e. The number of nitrogens with zero attached hydrogens (tertiary/aromatic N) is 1. The van der Waals surface area contributed by atoms with Crippen LogP contribution >= 0.6 is 0 Å². The molecule has 0 aliphatic heterocycles. The quantitative estimate of drug-likeness (QED) is 0.867. The first-order valence-electron chi connectivity index (χ1n) is 7.11. The summed E-state index contributed by atoms with van der Waals surface area (Å²) in [5, 5.41) is 13.4. The van der Waals surface area contributed by atoms with E-state index in [0.717, 1.165) is 24.4 Å². The lowest BCUT2D eigenvalue weighted by molar-refractivity contribution is -0.0511.